The summed E-state index contributed by atoms with van der Waals surface area (Å²) in [7, 11) is -3.56. The Hall–Kier alpha value is -2.97. The standard InChI is InChI=1S/C24H27N3O4S/c1-4-26(5-2)32(29,30)20-13-14-21-19(16-20)12-9-15-27(21)24(28)22-17(3)31-23(25-22)18-10-7-6-8-11-18/h6-8,10-11,13-14,16H,4-5,9,12,15H2,1-3H3. The van der Waals surface area contributed by atoms with Crippen molar-refractivity contribution in [2.45, 2.75) is 38.5 Å². The Morgan fingerprint density at radius 1 is 1.12 bits per heavy atom. The molecule has 4 rings (SSSR count). The van der Waals surface area contributed by atoms with E-state index in [9.17, 15) is 13.2 Å². The van der Waals surface area contributed by atoms with Crippen molar-refractivity contribution in [3.63, 3.8) is 0 Å². The van der Waals surface area contributed by atoms with Gasteiger partial charge >= 0.3 is 0 Å². The molecule has 1 amide bonds. The van der Waals surface area contributed by atoms with E-state index in [1.165, 1.54) is 4.31 Å². The average molecular weight is 454 g/mol. The number of anilines is 1. The first kappa shape index (κ1) is 22.2. The van der Waals surface area contributed by atoms with E-state index in [2.05, 4.69) is 4.98 Å². The monoisotopic (exact) mass is 453 g/mol. The van der Waals surface area contributed by atoms with E-state index < -0.39 is 10.0 Å². The van der Waals surface area contributed by atoms with E-state index in [0.29, 0.717) is 37.7 Å². The van der Waals surface area contributed by atoms with Crippen LogP contribution in [0.2, 0.25) is 0 Å². The zero-order valence-corrected chi connectivity index (χ0v) is 19.4. The zero-order chi connectivity index (χ0) is 22.9. The third kappa shape index (κ3) is 3.96. The second kappa shape index (κ2) is 8.88. The number of aryl methyl sites for hydroxylation is 2. The number of oxazole rings is 1. The van der Waals surface area contributed by atoms with Crippen LogP contribution < -0.4 is 4.90 Å². The molecule has 2 heterocycles. The highest BCUT2D eigenvalue weighted by atomic mass is 32.2. The van der Waals surface area contributed by atoms with Crippen molar-refractivity contribution in [2.75, 3.05) is 24.5 Å². The quantitative estimate of drug-likeness (QED) is 0.556. The summed E-state index contributed by atoms with van der Waals surface area (Å²) in [6.07, 6.45) is 1.46. The number of hydrogen-bond donors (Lipinski definition) is 0. The smallest absolute Gasteiger partial charge is 0.280 e. The van der Waals surface area contributed by atoms with Crippen LogP contribution in [-0.4, -0.2) is 43.2 Å². The lowest BCUT2D eigenvalue weighted by atomic mass is 10.0. The van der Waals surface area contributed by atoms with Crippen molar-refractivity contribution in [1.29, 1.82) is 0 Å². The van der Waals surface area contributed by atoms with Gasteiger partial charge in [-0.25, -0.2) is 13.4 Å². The van der Waals surface area contributed by atoms with E-state index in [1.807, 2.05) is 44.2 Å². The molecule has 0 fully saturated rings. The van der Waals surface area contributed by atoms with E-state index in [1.54, 1.807) is 30.0 Å². The lowest BCUT2D eigenvalue weighted by Crippen LogP contribution is -2.36. The molecule has 3 aromatic rings. The van der Waals surface area contributed by atoms with Crippen LogP contribution in [0.5, 0.6) is 0 Å². The Kier molecular flexibility index (Phi) is 6.17. The van der Waals surface area contributed by atoms with Gasteiger partial charge in [-0.1, -0.05) is 32.0 Å². The van der Waals surface area contributed by atoms with Crippen molar-refractivity contribution in [1.82, 2.24) is 9.29 Å². The van der Waals surface area contributed by atoms with Crippen molar-refractivity contribution >= 4 is 21.6 Å². The lowest BCUT2D eigenvalue weighted by molar-refractivity contribution is 0.0979. The Morgan fingerprint density at radius 3 is 2.53 bits per heavy atom. The van der Waals surface area contributed by atoms with Crippen LogP contribution in [0.15, 0.2) is 57.8 Å². The molecule has 168 valence electrons. The predicted octanol–water partition coefficient (Wildman–Crippen LogP) is 4.27. The molecule has 0 N–H and O–H groups in total. The normalized spacial score (nSPS) is 13.9. The third-order valence-corrected chi connectivity index (χ3v) is 7.82. The van der Waals surface area contributed by atoms with Crippen LogP contribution in [0.1, 0.15) is 42.1 Å². The maximum Gasteiger partial charge on any atom is 0.280 e. The number of rotatable bonds is 6. The van der Waals surface area contributed by atoms with Gasteiger partial charge in [0, 0.05) is 30.9 Å². The van der Waals surface area contributed by atoms with Crippen LogP contribution in [0.3, 0.4) is 0 Å². The molecule has 0 saturated heterocycles. The zero-order valence-electron chi connectivity index (χ0n) is 18.5. The first-order chi connectivity index (χ1) is 15.4. The number of benzene rings is 2. The summed E-state index contributed by atoms with van der Waals surface area (Å²) in [4.78, 5) is 19.8. The molecule has 0 aliphatic carbocycles. The van der Waals surface area contributed by atoms with Gasteiger partial charge < -0.3 is 9.32 Å². The van der Waals surface area contributed by atoms with Gasteiger partial charge in [-0.15, -0.1) is 0 Å². The largest absolute Gasteiger partial charge is 0.441 e. The molecule has 0 radical (unpaired) electrons. The fraction of sp³-hybridized carbons (Fsp3) is 0.333. The fourth-order valence-corrected chi connectivity index (χ4v) is 5.59. The van der Waals surface area contributed by atoms with Crippen LogP contribution in [0.25, 0.3) is 11.5 Å². The van der Waals surface area contributed by atoms with Crippen LogP contribution in [-0.2, 0) is 16.4 Å². The summed E-state index contributed by atoms with van der Waals surface area (Å²) >= 11 is 0. The van der Waals surface area contributed by atoms with Crippen molar-refractivity contribution in [3.05, 3.63) is 65.5 Å². The highest BCUT2D eigenvalue weighted by molar-refractivity contribution is 7.89. The third-order valence-electron chi connectivity index (χ3n) is 5.78. The Balaban J connectivity index is 1.67. The van der Waals surface area contributed by atoms with Gasteiger partial charge in [0.05, 0.1) is 4.90 Å². The highest BCUT2D eigenvalue weighted by Gasteiger charge is 2.30. The van der Waals surface area contributed by atoms with Gasteiger partial charge in [0.1, 0.15) is 5.76 Å². The number of carbonyl (C=O) groups is 1. The summed E-state index contributed by atoms with van der Waals surface area (Å²) in [5.41, 5.74) is 2.65. The summed E-state index contributed by atoms with van der Waals surface area (Å²) < 4.78 is 33.1. The molecular formula is C24H27N3O4S. The summed E-state index contributed by atoms with van der Waals surface area (Å²) in [6.45, 7) is 6.75. The SMILES string of the molecule is CCN(CC)S(=O)(=O)c1ccc2c(c1)CCCN2C(=O)c1nc(-c2ccccc2)oc1C. The molecule has 0 spiro atoms. The van der Waals surface area contributed by atoms with Crippen LogP contribution in [0.4, 0.5) is 5.69 Å². The molecule has 1 aliphatic heterocycles. The maximum absolute atomic E-state index is 13.4. The Morgan fingerprint density at radius 2 is 1.84 bits per heavy atom. The molecule has 0 bridgehead atoms. The molecule has 32 heavy (non-hydrogen) atoms. The first-order valence-electron chi connectivity index (χ1n) is 10.8. The van der Waals surface area contributed by atoms with Gasteiger partial charge in [-0.2, -0.15) is 4.31 Å². The molecule has 2 aromatic carbocycles. The lowest BCUT2D eigenvalue weighted by Gasteiger charge is -2.30. The minimum absolute atomic E-state index is 0.242. The average Bonchev–Trinajstić information content (AvgIpc) is 3.20. The minimum atomic E-state index is -3.56. The second-order valence-electron chi connectivity index (χ2n) is 7.73. The van der Waals surface area contributed by atoms with Gasteiger partial charge in [0.15, 0.2) is 5.69 Å². The van der Waals surface area contributed by atoms with Crippen LogP contribution in [0, 0.1) is 6.92 Å². The van der Waals surface area contributed by atoms with Gasteiger partial charge in [-0.05, 0) is 55.7 Å². The number of hydrogen-bond acceptors (Lipinski definition) is 5. The molecule has 0 unspecified atom stereocenters. The minimum Gasteiger partial charge on any atom is -0.441 e. The Labute approximate surface area is 188 Å². The number of nitrogens with zero attached hydrogens (tertiary/aromatic N) is 3. The van der Waals surface area contributed by atoms with Crippen molar-refractivity contribution < 1.29 is 17.6 Å². The Bertz CT molecular complexity index is 1230. The summed E-state index contributed by atoms with van der Waals surface area (Å²) in [5, 5.41) is 0. The predicted molar refractivity (Wildman–Crippen MR) is 123 cm³/mol. The molecule has 1 aliphatic rings. The fourth-order valence-electron chi connectivity index (χ4n) is 4.08. The number of fused-ring (bicyclic) bond motifs is 1. The number of carbonyl (C=O) groups excluding carboxylic acids is 1. The molecule has 7 nitrogen and oxygen atoms in total. The van der Waals surface area contributed by atoms with Gasteiger partial charge in [0.25, 0.3) is 5.91 Å². The van der Waals surface area contributed by atoms with E-state index in [-0.39, 0.29) is 16.5 Å². The molecule has 1 aromatic heterocycles. The topological polar surface area (TPSA) is 83.7 Å². The first-order valence-corrected chi connectivity index (χ1v) is 12.3. The molecule has 0 atom stereocenters. The molecule has 8 heteroatoms. The second-order valence-corrected chi connectivity index (χ2v) is 9.67. The van der Waals surface area contributed by atoms with E-state index in [4.69, 9.17) is 4.42 Å². The van der Waals surface area contributed by atoms with Crippen LogP contribution >= 0.6 is 0 Å². The maximum atomic E-state index is 13.4. The molecular weight excluding hydrogens is 426 g/mol. The number of amides is 1. The number of aromatic nitrogens is 1. The summed E-state index contributed by atoms with van der Waals surface area (Å²) in [6, 6.07) is 14.5. The van der Waals surface area contributed by atoms with Crippen molar-refractivity contribution in [3.8, 4) is 11.5 Å². The van der Waals surface area contributed by atoms with E-state index >= 15 is 0 Å². The van der Waals surface area contributed by atoms with E-state index in [0.717, 1.165) is 23.2 Å². The summed E-state index contributed by atoms with van der Waals surface area (Å²) in [5.74, 6) is 0.625. The highest BCUT2D eigenvalue weighted by Crippen LogP contribution is 2.32. The van der Waals surface area contributed by atoms with Crippen molar-refractivity contribution in [2.24, 2.45) is 0 Å². The van der Waals surface area contributed by atoms with Gasteiger partial charge in [0.2, 0.25) is 15.9 Å². The number of sulfonamides is 1. The molecule has 0 saturated carbocycles. The van der Waals surface area contributed by atoms with Gasteiger partial charge in [-0.3, -0.25) is 4.79 Å².